The number of carboxylic acids is 1. The quantitative estimate of drug-likeness (QED) is 0.623. The van der Waals surface area contributed by atoms with Crippen molar-refractivity contribution in [3.63, 3.8) is 0 Å². The fourth-order valence-electron chi connectivity index (χ4n) is 1.65. The molecule has 1 aromatic heterocycles. The second kappa shape index (κ2) is 6.77. The van der Waals surface area contributed by atoms with E-state index >= 15 is 0 Å². The van der Waals surface area contributed by atoms with Crippen molar-refractivity contribution < 1.29 is 14.7 Å². The lowest BCUT2D eigenvalue weighted by molar-refractivity contribution is -0.140. The maximum atomic E-state index is 11.8. The Labute approximate surface area is 111 Å². The smallest absolute Gasteiger partial charge is 0.326 e. The van der Waals surface area contributed by atoms with Gasteiger partial charge in [-0.15, -0.1) is 0 Å². The van der Waals surface area contributed by atoms with Crippen LogP contribution in [0.15, 0.2) is 12.4 Å². The second-order valence-corrected chi connectivity index (χ2v) is 4.52. The van der Waals surface area contributed by atoms with Gasteiger partial charge in [0.25, 0.3) is 0 Å². The van der Waals surface area contributed by atoms with Gasteiger partial charge in [-0.3, -0.25) is 0 Å². The fourth-order valence-corrected chi connectivity index (χ4v) is 1.65. The van der Waals surface area contributed by atoms with Crippen LogP contribution in [0.2, 0.25) is 0 Å². The Morgan fingerprint density at radius 2 is 2.11 bits per heavy atom. The van der Waals surface area contributed by atoms with E-state index in [1.807, 2.05) is 6.92 Å². The molecule has 3 atom stereocenters. The van der Waals surface area contributed by atoms with Crippen molar-refractivity contribution in [1.82, 2.24) is 20.6 Å². The number of aromatic amines is 1. The minimum absolute atomic E-state index is 0.137. The normalized spacial score (nSPS) is 15.3. The minimum atomic E-state index is -1.03. The summed E-state index contributed by atoms with van der Waals surface area (Å²) in [4.78, 5) is 29.7. The molecule has 0 saturated heterocycles. The van der Waals surface area contributed by atoms with Crippen LogP contribution < -0.4 is 10.6 Å². The number of aromatic nitrogens is 2. The summed E-state index contributed by atoms with van der Waals surface area (Å²) >= 11 is 0. The highest BCUT2D eigenvalue weighted by Gasteiger charge is 2.25. The van der Waals surface area contributed by atoms with Gasteiger partial charge in [0.1, 0.15) is 11.9 Å². The topological polar surface area (TPSA) is 107 Å². The molecular formula is C12H20N4O3. The Hall–Kier alpha value is -2.05. The number of carbonyl (C=O) groups excluding carboxylic acids is 1. The number of urea groups is 1. The molecule has 1 aromatic rings. The zero-order valence-corrected chi connectivity index (χ0v) is 11.3. The molecule has 7 nitrogen and oxygen atoms in total. The van der Waals surface area contributed by atoms with E-state index in [-0.39, 0.29) is 12.0 Å². The lowest BCUT2D eigenvalue weighted by atomic mass is 9.99. The molecule has 0 aromatic carbocycles. The van der Waals surface area contributed by atoms with Gasteiger partial charge in [0.15, 0.2) is 0 Å². The Morgan fingerprint density at radius 1 is 1.42 bits per heavy atom. The van der Waals surface area contributed by atoms with Gasteiger partial charge in [0, 0.05) is 12.4 Å². The summed E-state index contributed by atoms with van der Waals surface area (Å²) in [5.74, 6) is -0.553. The third-order valence-corrected chi connectivity index (χ3v) is 3.04. The molecule has 1 rings (SSSR count). The van der Waals surface area contributed by atoms with Gasteiger partial charge < -0.3 is 20.7 Å². The summed E-state index contributed by atoms with van der Waals surface area (Å²) in [6, 6.07) is -1.73. The molecule has 0 fully saturated rings. The van der Waals surface area contributed by atoms with Crippen LogP contribution >= 0.6 is 0 Å². The summed E-state index contributed by atoms with van der Waals surface area (Å²) in [7, 11) is 0. The molecule has 0 radical (unpaired) electrons. The minimum Gasteiger partial charge on any atom is -0.480 e. The number of rotatable bonds is 6. The van der Waals surface area contributed by atoms with Gasteiger partial charge in [0.2, 0.25) is 0 Å². The van der Waals surface area contributed by atoms with E-state index in [9.17, 15) is 9.59 Å². The number of nitrogens with zero attached hydrogens (tertiary/aromatic N) is 1. The van der Waals surface area contributed by atoms with Gasteiger partial charge in [-0.25, -0.2) is 14.6 Å². The average Bonchev–Trinajstić information content (AvgIpc) is 2.88. The molecule has 106 valence electrons. The van der Waals surface area contributed by atoms with Crippen LogP contribution in [0.5, 0.6) is 0 Å². The maximum absolute atomic E-state index is 11.8. The molecule has 2 amide bonds. The Balaban J connectivity index is 2.56. The lowest BCUT2D eigenvalue weighted by Crippen LogP contribution is -2.49. The molecule has 1 unspecified atom stereocenters. The predicted molar refractivity (Wildman–Crippen MR) is 69.5 cm³/mol. The molecule has 0 bridgehead atoms. The molecule has 4 N–H and O–H groups in total. The molecule has 0 aliphatic rings. The number of aliphatic carboxylic acids is 1. The van der Waals surface area contributed by atoms with Crippen LogP contribution in [0, 0.1) is 5.92 Å². The van der Waals surface area contributed by atoms with E-state index in [4.69, 9.17) is 5.11 Å². The van der Waals surface area contributed by atoms with E-state index in [2.05, 4.69) is 20.6 Å². The highest BCUT2D eigenvalue weighted by atomic mass is 16.4. The summed E-state index contributed by atoms with van der Waals surface area (Å²) in [6.07, 6.45) is 3.92. The van der Waals surface area contributed by atoms with Crippen molar-refractivity contribution in [1.29, 1.82) is 0 Å². The highest BCUT2D eigenvalue weighted by Crippen LogP contribution is 2.09. The lowest BCUT2D eigenvalue weighted by Gasteiger charge is -2.21. The number of hydrogen-bond donors (Lipinski definition) is 4. The molecule has 1 heterocycles. The van der Waals surface area contributed by atoms with Crippen molar-refractivity contribution in [3.8, 4) is 0 Å². The van der Waals surface area contributed by atoms with Crippen molar-refractivity contribution in [2.75, 3.05) is 0 Å². The predicted octanol–water partition coefficient (Wildman–Crippen LogP) is 1.27. The third-order valence-electron chi connectivity index (χ3n) is 3.04. The monoisotopic (exact) mass is 268 g/mol. The van der Waals surface area contributed by atoms with Crippen molar-refractivity contribution in [2.24, 2.45) is 5.92 Å². The zero-order chi connectivity index (χ0) is 14.4. The fraction of sp³-hybridized carbons (Fsp3) is 0.583. The van der Waals surface area contributed by atoms with Crippen molar-refractivity contribution in [2.45, 2.75) is 39.3 Å². The zero-order valence-electron chi connectivity index (χ0n) is 11.3. The molecule has 0 spiro atoms. The van der Waals surface area contributed by atoms with E-state index in [0.29, 0.717) is 12.2 Å². The first kappa shape index (κ1) is 15.0. The number of carboxylic acid groups (broad SMARTS) is 1. The number of imidazole rings is 1. The highest BCUT2D eigenvalue weighted by molar-refractivity contribution is 5.82. The van der Waals surface area contributed by atoms with Crippen LogP contribution in [0.25, 0.3) is 0 Å². The summed E-state index contributed by atoms with van der Waals surface area (Å²) in [6.45, 7) is 5.43. The number of amides is 2. The standard InChI is InChI=1S/C12H20N4O3/c1-4-7(2)9(11(17)18)16-12(19)15-8(3)10-13-5-6-14-10/h5-9H,4H2,1-3H3,(H,13,14)(H,17,18)(H2,15,16,19)/t7-,8?,9-/m0/s1. The first-order chi connectivity index (χ1) is 8.95. The molecule has 19 heavy (non-hydrogen) atoms. The number of H-pyrrole nitrogens is 1. The van der Waals surface area contributed by atoms with Crippen LogP contribution in [0.3, 0.4) is 0 Å². The van der Waals surface area contributed by atoms with E-state index in [1.54, 1.807) is 26.2 Å². The van der Waals surface area contributed by atoms with Crippen molar-refractivity contribution in [3.05, 3.63) is 18.2 Å². The van der Waals surface area contributed by atoms with Gasteiger partial charge >= 0.3 is 12.0 Å². The van der Waals surface area contributed by atoms with Crippen LogP contribution in [0.4, 0.5) is 4.79 Å². The number of nitrogens with one attached hydrogen (secondary N) is 3. The van der Waals surface area contributed by atoms with Gasteiger partial charge in [-0.05, 0) is 12.8 Å². The molecule has 0 saturated carbocycles. The van der Waals surface area contributed by atoms with Gasteiger partial charge in [-0.2, -0.15) is 0 Å². The summed E-state index contributed by atoms with van der Waals surface area (Å²) in [5.41, 5.74) is 0. The first-order valence-electron chi connectivity index (χ1n) is 6.24. The first-order valence-corrected chi connectivity index (χ1v) is 6.24. The molecule has 7 heteroatoms. The Kier molecular flexibility index (Phi) is 5.35. The van der Waals surface area contributed by atoms with Crippen LogP contribution in [0.1, 0.15) is 39.1 Å². The van der Waals surface area contributed by atoms with Crippen LogP contribution in [-0.2, 0) is 4.79 Å². The van der Waals surface area contributed by atoms with Crippen LogP contribution in [-0.4, -0.2) is 33.1 Å². The largest absolute Gasteiger partial charge is 0.480 e. The van der Waals surface area contributed by atoms with E-state index < -0.39 is 18.0 Å². The maximum Gasteiger partial charge on any atom is 0.326 e. The van der Waals surface area contributed by atoms with E-state index in [0.717, 1.165) is 0 Å². The second-order valence-electron chi connectivity index (χ2n) is 4.52. The summed E-state index contributed by atoms with van der Waals surface area (Å²) < 4.78 is 0. The SMILES string of the molecule is CC[C@H](C)[C@H](NC(=O)NC(C)c1ncc[nH]1)C(=O)O. The summed E-state index contributed by atoms with van der Waals surface area (Å²) in [5, 5.41) is 14.2. The van der Waals surface area contributed by atoms with E-state index in [1.165, 1.54) is 0 Å². The molecular weight excluding hydrogens is 248 g/mol. The van der Waals surface area contributed by atoms with Gasteiger partial charge in [0.05, 0.1) is 6.04 Å². The third kappa shape index (κ3) is 4.27. The number of hydrogen-bond acceptors (Lipinski definition) is 3. The van der Waals surface area contributed by atoms with Crippen molar-refractivity contribution >= 4 is 12.0 Å². The average molecular weight is 268 g/mol. The van der Waals surface area contributed by atoms with Gasteiger partial charge in [-0.1, -0.05) is 20.3 Å². The number of carbonyl (C=O) groups is 2. The Bertz CT molecular complexity index is 419. The molecule has 0 aliphatic heterocycles. The Morgan fingerprint density at radius 3 is 2.58 bits per heavy atom. The molecule has 0 aliphatic carbocycles.